The van der Waals surface area contributed by atoms with Gasteiger partial charge in [0, 0.05) is 37.3 Å². The summed E-state index contributed by atoms with van der Waals surface area (Å²) >= 11 is 0. The van der Waals surface area contributed by atoms with Gasteiger partial charge in [0.25, 0.3) is 5.91 Å². The third kappa shape index (κ3) is 8.09. The third-order valence-electron chi connectivity index (χ3n) is 6.57. The standard InChI is InChI=1S/C28H37F3N4O4/c1-17(2)32-27(38)33-22-10-11-24-23(12-22)26(37)35(19(4)16-36)13-18(3)25(39-24)15-34(5)14-20-6-8-21(9-7-20)28(29,30)31/h6-12,17-19,25,36H,13-16H2,1-5H3,(H2,32,33,38)/t18-,19-,25+/m0/s1. The fourth-order valence-corrected chi connectivity index (χ4v) is 4.43. The summed E-state index contributed by atoms with van der Waals surface area (Å²) in [6, 6.07) is 9.01. The molecule has 3 N–H and O–H groups in total. The Kier molecular flexibility index (Phi) is 9.84. The zero-order valence-corrected chi connectivity index (χ0v) is 22.9. The number of alkyl halides is 3. The van der Waals surface area contributed by atoms with Crippen LogP contribution in [-0.4, -0.2) is 71.8 Å². The maximum absolute atomic E-state index is 13.5. The van der Waals surface area contributed by atoms with Crippen LogP contribution in [0.25, 0.3) is 0 Å². The van der Waals surface area contributed by atoms with E-state index in [1.807, 2.05) is 32.7 Å². The Labute approximate surface area is 227 Å². The number of hydrogen-bond acceptors (Lipinski definition) is 5. The average Bonchev–Trinajstić information content (AvgIpc) is 2.85. The van der Waals surface area contributed by atoms with Crippen molar-refractivity contribution in [3.05, 3.63) is 59.2 Å². The van der Waals surface area contributed by atoms with E-state index >= 15 is 0 Å². The molecule has 1 aliphatic heterocycles. The third-order valence-corrected chi connectivity index (χ3v) is 6.57. The van der Waals surface area contributed by atoms with Gasteiger partial charge in [-0.3, -0.25) is 9.69 Å². The molecule has 3 rings (SSSR count). The Hall–Kier alpha value is -3.31. The molecular weight excluding hydrogens is 513 g/mol. The fraction of sp³-hybridized carbons (Fsp3) is 0.500. The smallest absolute Gasteiger partial charge is 0.416 e. The maximum Gasteiger partial charge on any atom is 0.416 e. The van der Waals surface area contributed by atoms with Crippen LogP contribution in [0.1, 0.15) is 49.2 Å². The minimum absolute atomic E-state index is 0.0676. The van der Waals surface area contributed by atoms with Crippen molar-refractivity contribution in [1.29, 1.82) is 0 Å². The van der Waals surface area contributed by atoms with Crippen LogP contribution in [0.15, 0.2) is 42.5 Å². The quantitative estimate of drug-likeness (QED) is 0.447. The van der Waals surface area contributed by atoms with Gasteiger partial charge in [-0.25, -0.2) is 4.79 Å². The van der Waals surface area contributed by atoms with Gasteiger partial charge in [-0.15, -0.1) is 0 Å². The second-order valence-electron chi connectivity index (χ2n) is 10.5. The summed E-state index contributed by atoms with van der Waals surface area (Å²) in [7, 11) is 1.85. The first-order valence-corrected chi connectivity index (χ1v) is 12.9. The van der Waals surface area contributed by atoms with Crippen molar-refractivity contribution in [3.63, 3.8) is 0 Å². The van der Waals surface area contributed by atoms with E-state index in [2.05, 4.69) is 10.6 Å². The molecule has 0 saturated heterocycles. The zero-order chi connectivity index (χ0) is 28.9. The van der Waals surface area contributed by atoms with Crippen LogP contribution in [0.5, 0.6) is 5.75 Å². The van der Waals surface area contributed by atoms with Gasteiger partial charge in [-0.2, -0.15) is 13.2 Å². The number of rotatable bonds is 8. The van der Waals surface area contributed by atoms with Crippen LogP contribution in [0.2, 0.25) is 0 Å². The average molecular weight is 551 g/mol. The highest BCUT2D eigenvalue weighted by molar-refractivity contribution is 5.99. The molecule has 3 atom stereocenters. The monoisotopic (exact) mass is 550 g/mol. The molecular formula is C28H37F3N4O4. The van der Waals surface area contributed by atoms with Crippen LogP contribution in [0.4, 0.5) is 23.7 Å². The van der Waals surface area contributed by atoms with E-state index in [4.69, 9.17) is 4.74 Å². The number of hydrogen-bond donors (Lipinski definition) is 3. The molecule has 0 spiro atoms. The Bertz CT molecular complexity index is 1140. The van der Waals surface area contributed by atoms with Gasteiger partial charge in [0.2, 0.25) is 0 Å². The van der Waals surface area contributed by atoms with Crippen molar-refractivity contribution in [3.8, 4) is 5.75 Å². The van der Waals surface area contributed by atoms with E-state index in [0.29, 0.717) is 31.1 Å². The number of aliphatic hydroxyl groups excluding tert-OH is 1. The molecule has 0 aromatic heterocycles. The number of carbonyl (C=O) groups excluding carboxylic acids is 2. The van der Waals surface area contributed by atoms with Crippen molar-refractivity contribution < 1.29 is 32.6 Å². The summed E-state index contributed by atoms with van der Waals surface area (Å²) in [5, 5.41) is 15.3. The van der Waals surface area contributed by atoms with Gasteiger partial charge in [-0.05, 0) is 63.7 Å². The largest absolute Gasteiger partial charge is 0.488 e. The molecule has 3 amide bonds. The molecule has 0 aliphatic carbocycles. The van der Waals surface area contributed by atoms with Crippen molar-refractivity contribution in [2.24, 2.45) is 5.92 Å². The summed E-state index contributed by atoms with van der Waals surface area (Å²) in [4.78, 5) is 29.3. The van der Waals surface area contributed by atoms with Crippen molar-refractivity contribution in [2.45, 2.75) is 58.6 Å². The number of fused-ring (bicyclic) bond motifs is 1. The van der Waals surface area contributed by atoms with Crippen LogP contribution in [0, 0.1) is 5.92 Å². The molecule has 2 aromatic rings. The summed E-state index contributed by atoms with van der Waals surface area (Å²) in [6.45, 7) is 8.33. The number of halogens is 3. The number of aliphatic hydroxyl groups is 1. The maximum atomic E-state index is 13.5. The number of ether oxygens (including phenoxy) is 1. The van der Waals surface area contributed by atoms with Gasteiger partial charge in [0.15, 0.2) is 0 Å². The number of likely N-dealkylation sites (N-methyl/N-ethyl adjacent to an activating group) is 1. The lowest BCUT2D eigenvalue weighted by Crippen LogP contribution is -2.49. The first-order valence-electron chi connectivity index (χ1n) is 12.9. The molecule has 2 aromatic carbocycles. The fourth-order valence-electron chi connectivity index (χ4n) is 4.43. The second kappa shape index (κ2) is 12.7. The lowest BCUT2D eigenvalue weighted by molar-refractivity contribution is -0.137. The Balaban J connectivity index is 1.83. The van der Waals surface area contributed by atoms with Crippen LogP contribution < -0.4 is 15.4 Å². The van der Waals surface area contributed by atoms with Crippen molar-refractivity contribution in [2.75, 3.05) is 32.1 Å². The summed E-state index contributed by atoms with van der Waals surface area (Å²) in [6.07, 6.45) is -4.75. The van der Waals surface area contributed by atoms with Crippen molar-refractivity contribution >= 4 is 17.6 Å². The summed E-state index contributed by atoms with van der Waals surface area (Å²) < 4.78 is 45.1. The molecule has 0 unspecified atom stereocenters. The minimum atomic E-state index is -4.39. The van der Waals surface area contributed by atoms with Crippen molar-refractivity contribution in [1.82, 2.24) is 15.1 Å². The number of benzene rings is 2. The molecule has 0 radical (unpaired) electrons. The van der Waals surface area contributed by atoms with Gasteiger partial charge in [0.05, 0.1) is 23.8 Å². The topological polar surface area (TPSA) is 94.1 Å². The lowest BCUT2D eigenvalue weighted by atomic mass is 9.99. The van der Waals surface area contributed by atoms with E-state index in [9.17, 15) is 27.9 Å². The first kappa shape index (κ1) is 30.2. The summed E-state index contributed by atoms with van der Waals surface area (Å²) in [5.41, 5.74) is 0.719. The highest BCUT2D eigenvalue weighted by Crippen LogP contribution is 2.31. The highest BCUT2D eigenvalue weighted by atomic mass is 19.4. The van der Waals surface area contributed by atoms with Crippen LogP contribution in [-0.2, 0) is 12.7 Å². The Morgan fingerprint density at radius 1 is 1.18 bits per heavy atom. The predicted octanol–water partition coefficient (Wildman–Crippen LogP) is 4.59. The molecule has 0 fully saturated rings. The lowest BCUT2D eigenvalue weighted by Gasteiger charge is -2.38. The van der Waals surface area contributed by atoms with E-state index in [0.717, 1.165) is 17.7 Å². The predicted molar refractivity (Wildman–Crippen MR) is 143 cm³/mol. The zero-order valence-electron chi connectivity index (χ0n) is 22.9. The molecule has 0 saturated carbocycles. The molecule has 39 heavy (non-hydrogen) atoms. The van der Waals surface area contributed by atoms with E-state index in [-0.39, 0.29) is 36.1 Å². The number of carbonyl (C=O) groups is 2. The first-order chi connectivity index (χ1) is 18.3. The number of nitrogens with zero attached hydrogens (tertiary/aromatic N) is 2. The highest BCUT2D eigenvalue weighted by Gasteiger charge is 2.34. The SMILES string of the molecule is CC(C)NC(=O)Nc1ccc2c(c1)C(=O)N([C@@H](C)CO)C[C@H](C)[C@@H](CN(C)Cc1ccc(C(F)(F)F)cc1)O2. The normalized spacial score (nSPS) is 18.7. The second-order valence-corrected chi connectivity index (χ2v) is 10.5. The van der Waals surface area contributed by atoms with Crippen LogP contribution in [0.3, 0.4) is 0 Å². The number of amides is 3. The minimum Gasteiger partial charge on any atom is -0.488 e. The Morgan fingerprint density at radius 2 is 1.85 bits per heavy atom. The molecule has 0 bridgehead atoms. The van der Waals surface area contributed by atoms with E-state index < -0.39 is 23.8 Å². The summed E-state index contributed by atoms with van der Waals surface area (Å²) in [5.74, 6) is -0.0897. The molecule has 214 valence electrons. The number of urea groups is 1. The number of anilines is 1. The molecule has 1 aliphatic rings. The van der Waals surface area contributed by atoms with Crippen LogP contribution >= 0.6 is 0 Å². The molecule has 1 heterocycles. The van der Waals surface area contributed by atoms with E-state index in [1.54, 1.807) is 30.0 Å². The van der Waals surface area contributed by atoms with E-state index in [1.165, 1.54) is 12.1 Å². The molecule has 11 heteroatoms. The van der Waals surface area contributed by atoms with Gasteiger partial charge in [-0.1, -0.05) is 19.1 Å². The number of nitrogens with one attached hydrogen (secondary N) is 2. The van der Waals surface area contributed by atoms with Gasteiger partial charge in [0.1, 0.15) is 11.9 Å². The van der Waals surface area contributed by atoms with Gasteiger partial charge < -0.3 is 25.4 Å². The molecule has 8 nitrogen and oxygen atoms in total. The van der Waals surface area contributed by atoms with Gasteiger partial charge >= 0.3 is 12.2 Å². The Morgan fingerprint density at radius 3 is 2.44 bits per heavy atom.